The van der Waals surface area contributed by atoms with Crippen LogP contribution in [-0.4, -0.2) is 54.6 Å². The molecule has 1 amide bonds. The highest BCUT2D eigenvalue weighted by Gasteiger charge is 2.35. The fraction of sp³-hybridized carbons (Fsp3) is 0.600. The Bertz CT molecular complexity index is 530. The van der Waals surface area contributed by atoms with E-state index in [9.17, 15) is 4.79 Å². The highest BCUT2D eigenvalue weighted by Crippen LogP contribution is 2.32. The maximum absolute atomic E-state index is 12.8. The molecule has 21 heavy (non-hydrogen) atoms. The number of rotatable bonds is 2. The summed E-state index contributed by atoms with van der Waals surface area (Å²) in [5.74, 6) is 1.16. The zero-order chi connectivity index (χ0) is 14.8. The largest absolute Gasteiger partial charge is 0.344 e. The van der Waals surface area contributed by atoms with Gasteiger partial charge in [0.15, 0.2) is 0 Å². The van der Waals surface area contributed by atoms with Crippen LogP contribution in [0.2, 0.25) is 0 Å². The third-order valence-electron chi connectivity index (χ3n) is 4.30. The molecular formula is C15H21BrN4O. The van der Waals surface area contributed by atoms with E-state index in [0.717, 1.165) is 61.4 Å². The number of carbonyl (C=O) groups excluding carboxylic acids is 1. The van der Waals surface area contributed by atoms with Gasteiger partial charge in [-0.05, 0) is 47.3 Å². The van der Waals surface area contributed by atoms with Gasteiger partial charge < -0.3 is 15.1 Å². The minimum absolute atomic E-state index is 0.0614. The van der Waals surface area contributed by atoms with Crippen molar-refractivity contribution in [1.82, 2.24) is 15.2 Å². The monoisotopic (exact) mass is 352 g/mol. The molecule has 2 aliphatic rings. The number of anilines is 1. The summed E-state index contributed by atoms with van der Waals surface area (Å²) >= 11 is 3.62. The van der Waals surface area contributed by atoms with E-state index >= 15 is 0 Å². The molecule has 0 bridgehead atoms. The van der Waals surface area contributed by atoms with Crippen LogP contribution in [0.25, 0.3) is 0 Å². The normalized spacial score (nSPS) is 22.7. The smallest absolute Gasteiger partial charge is 0.245 e. The Hall–Kier alpha value is -1.14. The first-order valence-electron chi connectivity index (χ1n) is 7.56. The van der Waals surface area contributed by atoms with Gasteiger partial charge in [-0.1, -0.05) is 0 Å². The molecule has 0 saturated carbocycles. The number of piperazine rings is 1. The van der Waals surface area contributed by atoms with Crippen LogP contribution in [0.5, 0.6) is 0 Å². The SMILES string of the molecule is Cc1ccnc(N2CCCC2C(=O)N2CCNCC2)c1Br. The van der Waals surface area contributed by atoms with Gasteiger partial charge >= 0.3 is 0 Å². The van der Waals surface area contributed by atoms with Crippen LogP contribution in [0.3, 0.4) is 0 Å². The van der Waals surface area contributed by atoms with E-state index in [1.54, 1.807) is 0 Å². The minimum atomic E-state index is -0.0614. The lowest BCUT2D eigenvalue weighted by molar-refractivity contribution is -0.133. The second-order valence-electron chi connectivity index (χ2n) is 5.69. The number of nitrogens with zero attached hydrogens (tertiary/aromatic N) is 3. The number of aryl methyl sites for hydroxylation is 1. The van der Waals surface area contributed by atoms with Crippen molar-refractivity contribution < 1.29 is 4.79 Å². The highest BCUT2D eigenvalue weighted by molar-refractivity contribution is 9.10. The van der Waals surface area contributed by atoms with Crippen molar-refractivity contribution in [2.24, 2.45) is 0 Å². The number of hydrogen-bond donors (Lipinski definition) is 1. The molecule has 1 N–H and O–H groups in total. The summed E-state index contributed by atoms with van der Waals surface area (Å²) in [5.41, 5.74) is 1.15. The summed E-state index contributed by atoms with van der Waals surface area (Å²) in [6, 6.07) is 1.92. The fourth-order valence-corrected chi connectivity index (χ4v) is 3.56. The van der Waals surface area contributed by atoms with E-state index in [0.29, 0.717) is 0 Å². The molecule has 2 fully saturated rings. The number of aromatic nitrogens is 1. The van der Waals surface area contributed by atoms with Gasteiger partial charge in [-0.25, -0.2) is 4.98 Å². The molecule has 2 aliphatic heterocycles. The van der Waals surface area contributed by atoms with Crippen LogP contribution >= 0.6 is 15.9 Å². The van der Waals surface area contributed by atoms with Gasteiger partial charge in [0.1, 0.15) is 11.9 Å². The van der Waals surface area contributed by atoms with E-state index in [1.165, 1.54) is 0 Å². The van der Waals surface area contributed by atoms with E-state index in [4.69, 9.17) is 0 Å². The molecule has 1 aromatic heterocycles. The first-order valence-corrected chi connectivity index (χ1v) is 8.35. The molecule has 0 aromatic carbocycles. The summed E-state index contributed by atoms with van der Waals surface area (Å²) < 4.78 is 1.00. The Morgan fingerprint density at radius 3 is 2.90 bits per heavy atom. The molecule has 5 nitrogen and oxygen atoms in total. The van der Waals surface area contributed by atoms with Gasteiger partial charge in [0.05, 0.1) is 4.47 Å². The molecular weight excluding hydrogens is 332 g/mol. The zero-order valence-electron chi connectivity index (χ0n) is 12.3. The van der Waals surface area contributed by atoms with Crippen molar-refractivity contribution in [2.45, 2.75) is 25.8 Å². The third-order valence-corrected chi connectivity index (χ3v) is 5.28. The zero-order valence-corrected chi connectivity index (χ0v) is 13.9. The molecule has 1 atom stereocenters. The Morgan fingerprint density at radius 1 is 1.38 bits per heavy atom. The van der Waals surface area contributed by atoms with E-state index in [2.05, 4.69) is 38.1 Å². The molecule has 1 aromatic rings. The number of nitrogens with one attached hydrogen (secondary N) is 1. The number of amides is 1. The Labute approximate surface area is 133 Å². The number of halogens is 1. The average Bonchev–Trinajstić information content (AvgIpc) is 2.99. The molecule has 0 radical (unpaired) electrons. The van der Waals surface area contributed by atoms with Gasteiger partial charge in [-0.3, -0.25) is 4.79 Å². The maximum atomic E-state index is 12.8. The van der Waals surface area contributed by atoms with Crippen LogP contribution in [0, 0.1) is 6.92 Å². The number of carbonyl (C=O) groups is 1. The van der Waals surface area contributed by atoms with Crippen molar-refractivity contribution in [2.75, 3.05) is 37.6 Å². The lowest BCUT2D eigenvalue weighted by atomic mass is 10.1. The second-order valence-corrected chi connectivity index (χ2v) is 6.49. The van der Waals surface area contributed by atoms with Crippen LogP contribution in [0.15, 0.2) is 16.7 Å². The minimum Gasteiger partial charge on any atom is -0.344 e. The van der Waals surface area contributed by atoms with Crippen LogP contribution in [0.4, 0.5) is 5.82 Å². The van der Waals surface area contributed by atoms with Crippen LogP contribution in [0.1, 0.15) is 18.4 Å². The molecule has 0 spiro atoms. The van der Waals surface area contributed by atoms with E-state index < -0.39 is 0 Å². The predicted octanol–water partition coefficient (Wildman–Crippen LogP) is 1.55. The van der Waals surface area contributed by atoms with Crippen molar-refractivity contribution in [3.63, 3.8) is 0 Å². The first-order chi connectivity index (χ1) is 10.2. The fourth-order valence-electron chi connectivity index (χ4n) is 3.10. The van der Waals surface area contributed by atoms with E-state index in [-0.39, 0.29) is 11.9 Å². The Kier molecular flexibility index (Phi) is 4.45. The predicted molar refractivity (Wildman–Crippen MR) is 86.5 cm³/mol. The first kappa shape index (κ1) is 14.8. The summed E-state index contributed by atoms with van der Waals surface area (Å²) in [6.45, 7) is 6.36. The quantitative estimate of drug-likeness (QED) is 0.877. The maximum Gasteiger partial charge on any atom is 0.245 e. The lowest BCUT2D eigenvalue weighted by Crippen LogP contribution is -2.52. The molecule has 1 unspecified atom stereocenters. The van der Waals surface area contributed by atoms with Crippen molar-refractivity contribution in [3.05, 3.63) is 22.3 Å². The molecule has 3 heterocycles. The summed E-state index contributed by atoms with van der Waals surface area (Å²) in [5, 5.41) is 3.29. The molecule has 114 valence electrons. The Balaban J connectivity index is 1.81. The lowest BCUT2D eigenvalue weighted by Gasteiger charge is -2.33. The van der Waals surface area contributed by atoms with Gasteiger partial charge in [-0.15, -0.1) is 0 Å². The van der Waals surface area contributed by atoms with Crippen LogP contribution < -0.4 is 10.2 Å². The average molecular weight is 353 g/mol. The van der Waals surface area contributed by atoms with Crippen LogP contribution in [-0.2, 0) is 4.79 Å². The molecule has 3 rings (SSSR count). The van der Waals surface area contributed by atoms with Crippen molar-refractivity contribution >= 4 is 27.7 Å². The summed E-state index contributed by atoms with van der Waals surface area (Å²) in [7, 11) is 0. The highest BCUT2D eigenvalue weighted by atomic mass is 79.9. The van der Waals surface area contributed by atoms with Gasteiger partial charge in [-0.2, -0.15) is 0 Å². The molecule has 2 saturated heterocycles. The molecule has 6 heteroatoms. The van der Waals surface area contributed by atoms with Crippen molar-refractivity contribution in [1.29, 1.82) is 0 Å². The van der Waals surface area contributed by atoms with Gasteiger partial charge in [0, 0.05) is 38.9 Å². The topological polar surface area (TPSA) is 48.5 Å². The summed E-state index contributed by atoms with van der Waals surface area (Å²) in [6.07, 6.45) is 3.79. The molecule has 0 aliphatic carbocycles. The number of hydrogen-bond acceptors (Lipinski definition) is 4. The summed E-state index contributed by atoms with van der Waals surface area (Å²) in [4.78, 5) is 21.4. The second kappa shape index (κ2) is 6.32. The standard InChI is InChI=1S/C15H21BrN4O/c1-11-4-5-18-14(13(11)16)20-8-2-3-12(20)15(21)19-9-6-17-7-10-19/h4-5,12,17H,2-3,6-10H2,1H3. The van der Waals surface area contributed by atoms with Gasteiger partial charge in [0.2, 0.25) is 5.91 Å². The van der Waals surface area contributed by atoms with E-state index in [1.807, 2.05) is 17.2 Å². The van der Waals surface area contributed by atoms with Crippen molar-refractivity contribution in [3.8, 4) is 0 Å². The number of pyridine rings is 1. The van der Waals surface area contributed by atoms with Gasteiger partial charge in [0.25, 0.3) is 0 Å². The Morgan fingerprint density at radius 2 is 2.14 bits per heavy atom. The third kappa shape index (κ3) is 2.92.